The first-order valence-corrected chi connectivity index (χ1v) is 8.39. The number of urea groups is 1. The Morgan fingerprint density at radius 3 is 2.78 bits per heavy atom. The van der Waals surface area contributed by atoms with Crippen molar-refractivity contribution in [1.82, 2.24) is 4.90 Å². The summed E-state index contributed by atoms with van der Waals surface area (Å²) in [5, 5.41) is 11.5. The van der Waals surface area contributed by atoms with E-state index in [2.05, 4.69) is 0 Å². The number of hydrogen-bond acceptors (Lipinski definition) is 3. The molecule has 1 aromatic rings. The van der Waals surface area contributed by atoms with E-state index in [4.69, 9.17) is 10.5 Å². The molecule has 0 aromatic heterocycles. The number of aliphatic hydroxyl groups is 1. The Bertz CT molecular complexity index is 494. The number of carbonyl (C=O) groups is 1. The van der Waals surface area contributed by atoms with Gasteiger partial charge in [-0.1, -0.05) is 30.3 Å². The molecule has 0 spiro atoms. The van der Waals surface area contributed by atoms with Gasteiger partial charge >= 0.3 is 6.03 Å². The molecule has 2 rings (SSSR count). The highest BCUT2D eigenvalue weighted by molar-refractivity contribution is 5.72. The lowest BCUT2D eigenvalue weighted by molar-refractivity contribution is -0.0559. The third kappa shape index (κ3) is 4.45. The van der Waals surface area contributed by atoms with E-state index in [9.17, 15) is 9.90 Å². The van der Waals surface area contributed by atoms with Crippen molar-refractivity contribution in [2.24, 2.45) is 11.7 Å². The Labute approximate surface area is 138 Å². The fourth-order valence-electron chi connectivity index (χ4n) is 3.52. The molecular formula is C18H28N2O3. The number of nitrogens with zero attached hydrogens (tertiary/aromatic N) is 1. The van der Waals surface area contributed by atoms with Crippen LogP contribution in [0.25, 0.3) is 0 Å². The Hall–Kier alpha value is -1.59. The van der Waals surface area contributed by atoms with Crippen molar-refractivity contribution in [3.05, 3.63) is 35.9 Å². The molecule has 5 heteroatoms. The fraction of sp³-hybridized carbons (Fsp3) is 0.611. The lowest BCUT2D eigenvalue weighted by Crippen LogP contribution is -2.49. The average Bonchev–Trinajstić information content (AvgIpc) is 2.59. The summed E-state index contributed by atoms with van der Waals surface area (Å²) in [5.41, 5.74) is 5.44. The molecule has 0 saturated carbocycles. The van der Waals surface area contributed by atoms with Crippen LogP contribution in [0.4, 0.5) is 4.79 Å². The second kappa shape index (κ2) is 8.31. The SMILES string of the molecule is COCCCCC(O)(c1ccccc1)C1CCCN(C(N)=O)C1. The molecule has 1 fully saturated rings. The van der Waals surface area contributed by atoms with Crippen molar-refractivity contribution in [2.75, 3.05) is 26.8 Å². The molecule has 5 nitrogen and oxygen atoms in total. The predicted octanol–water partition coefficient (Wildman–Crippen LogP) is 2.48. The van der Waals surface area contributed by atoms with Gasteiger partial charge in [0, 0.05) is 32.7 Å². The largest absolute Gasteiger partial charge is 0.385 e. The number of ether oxygens (including phenoxy) is 1. The molecule has 1 saturated heterocycles. The standard InChI is InChI=1S/C18H28N2O3/c1-23-13-6-5-11-18(22,15-8-3-2-4-9-15)16-10-7-12-20(14-16)17(19)21/h2-4,8-9,16,22H,5-7,10-14H2,1H3,(H2,19,21). The van der Waals surface area contributed by atoms with Crippen LogP contribution in [0.5, 0.6) is 0 Å². The highest BCUT2D eigenvalue weighted by Gasteiger charge is 2.40. The zero-order chi connectivity index (χ0) is 16.7. The van der Waals surface area contributed by atoms with Crippen LogP contribution in [0.3, 0.4) is 0 Å². The van der Waals surface area contributed by atoms with E-state index in [0.717, 1.165) is 31.2 Å². The Morgan fingerprint density at radius 1 is 1.39 bits per heavy atom. The van der Waals surface area contributed by atoms with Crippen molar-refractivity contribution in [3.8, 4) is 0 Å². The number of piperidine rings is 1. The van der Waals surface area contributed by atoms with Gasteiger partial charge in [0.1, 0.15) is 0 Å². The molecule has 2 atom stereocenters. The van der Waals surface area contributed by atoms with Crippen LogP contribution in [0.1, 0.15) is 37.7 Å². The third-order valence-corrected chi connectivity index (χ3v) is 4.84. The van der Waals surface area contributed by atoms with Crippen LogP contribution in [0.15, 0.2) is 30.3 Å². The molecule has 1 aliphatic heterocycles. The summed E-state index contributed by atoms with van der Waals surface area (Å²) in [7, 11) is 1.69. The molecule has 0 aliphatic carbocycles. The van der Waals surface area contributed by atoms with Crippen LogP contribution < -0.4 is 5.73 Å². The van der Waals surface area contributed by atoms with Gasteiger partial charge in [0.25, 0.3) is 0 Å². The second-order valence-corrected chi connectivity index (χ2v) is 6.36. The zero-order valence-electron chi connectivity index (χ0n) is 13.9. The van der Waals surface area contributed by atoms with Crippen LogP contribution in [-0.4, -0.2) is 42.8 Å². The van der Waals surface area contributed by atoms with Crippen molar-refractivity contribution in [3.63, 3.8) is 0 Å². The number of primary amides is 1. The number of unbranched alkanes of at least 4 members (excludes halogenated alkanes) is 1. The van der Waals surface area contributed by atoms with Crippen LogP contribution in [0.2, 0.25) is 0 Å². The van der Waals surface area contributed by atoms with Gasteiger partial charge in [0.15, 0.2) is 0 Å². The van der Waals surface area contributed by atoms with Gasteiger partial charge in [-0.3, -0.25) is 0 Å². The highest BCUT2D eigenvalue weighted by atomic mass is 16.5. The van der Waals surface area contributed by atoms with Crippen molar-refractivity contribution < 1.29 is 14.6 Å². The lowest BCUT2D eigenvalue weighted by atomic mass is 9.74. The Balaban J connectivity index is 2.17. The maximum atomic E-state index is 11.5. The average molecular weight is 320 g/mol. The minimum Gasteiger partial charge on any atom is -0.385 e. The minimum atomic E-state index is -0.927. The maximum absolute atomic E-state index is 11.5. The topological polar surface area (TPSA) is 75.8 Å². The van der Waals surface area contributed by atoms with Gasteiger partial charge in [-0.05, 0) is 37.7 Å². The van der Waals surface area contributed by atoms with E-state index >= 15 is 0 Å². The maximum Gasteiger partial charge on any atom is 0.314 e. The highest BCUT2D eigenvalue weighted by Crippen LogP contribution is 2.39. The summed E-state index contributed by atoms with van der Waals surface area (Å²) >= 11 is 0. The summed E-state index contributed by atoms with van der Waals surface area (Å²) in [6.45, 7) is 1.90. The molecule has 128 valence electrons. The predicted molar refractivity (Wildman–Crippen MR) is 89.9 cm³/mol. The molecular weight excluding hydrogens is 292 g/mol. The van der Waals surface area contributed by atoms with E-state index in [0.29, 0.717) is 26.1 Å². The first-order valence-electron chi connectivity index (χ1n) is 8.39. The number of hydrogen-bond donors (Lipinski definition) is 2. The van der Waals surface area contributed by atoms with Crippen molar-refractivity contribution in [1.29, 1.82) is 0 Å². The first-order chi connectivity index (χ1) is 11.1. The van der Waals surface area contributed by atoms with Gasteiger partial charge in [0.2, 0.25) is 0 Å². The number of amides is 2. The normalized spacial score (nSPS) is 21.0. The van der Waals surface area contributed by atoms with Crippen LogP contribution in [-0.2, 0) is 10.3 Å². The molecule has 2 unspecified atom stereocenters. The molecule has 0 bridgehead atoms. The molecule has 0 radical (unpaired) electrons. The number of likely N-dealkylation sites (tertiary alicyclic amines) is 1. The summed E-state index contributed by atoms with van der Waals surface area (Å²) < 4.78 is 5.11. The first kappa shape index (κ1) is 17.8. The number of methoxy groups -OCH3 is 1. The molecule has 2 amide bonds. The fourth-order valence-corrected chi connectivity index (χ4v) is 3.52. The van der Waals surface area contributed by atoms with Crippen LogP contribution >= 0.6 is 0 Å². The molecule has 3 N–H and O–H groups in total. The van der Waals surface area contributed by atoms with Crippen molar-refractivity contribution in [2.45, 2.75) is 37.7 Å². The van der Waals surface area contributed by atoms with E-state index in [1.165, 1.54) is 0 Å². The van der Waals surface area contributed by atoms with Crippen molar-refractivity contribution >= 4 is 6.03 Å². The Kier molecular flexibility index (Phi) is 6.42. The molecule has 1 heterocycles. The number of benzene rings is 1. The number of nitrogens with two attached hydrogens (primary N) is 1. The second-order valence-electron chi connectivity index (χ2n) is 6.36. The number of rotatable bonds is 7. The zero-order valence-corrected chi connectivity index (χ0v) is 13.9. The molecule has 23 heavy (non-hydrogen) atoms. The monoisotopic (exact) mass is 320 g/mol. The number of carbonyl (C=O) groups excluding carboxylic acids is 1. The van der Waals surface area contributed by atoms with E-state index in [1.807, 2.05) is 30.3 Å². The summed E-state index contributed by atoms with van der Waals surface area (Å²) in [6.07, 6.45) is 4.24. The quantitative estimate of drug-likeness (QED) is 0.758. The summed E-state index contributed by atoms with van der Waals surface area (Å²) in [4.78, 5) is 13.2. The van der Waals surface area contributed by atoms with Gasteiger partial charge in [-0.2, -0.15) is 0 Å². The van der Waals surface area contributed by atoms with E-state index < -0.39 is 11.6 Å². The van der Waals surface area contributed by atoms with Gasteiger partial charge in [-0.25, -0.2) is 4.79 Å². The molecule has 1 aromatic carbocycles. The Morgan fingerprint density at radius 2 is 2.13 bits per heavy atom. The summed E-state index contributed by atoms with van der Waals surface area (Å²) in [5.74, 6) is 0.00805. The third-order valence-electron chi connectivity index (χ3n) is 4.84. The van der Waals surface area contributed by atoms with Crippen LogP contribution in [0, 0.1) is 5.92 Å². The lowest BCUT2D eigenvalue weighted by Gasteiger charge is -2.42. The van der Waals surface area contributed by atoms with Gasteiger partial charge in [0.05, 0.1) is 5.60 Å². The van der Waals surface area contributed by atoms with Gasteiger partial charge in [-0.15, -0.1) is 0 Å². The van der Waals surface area contributed by atoms with E-state index in [1.54, 1.807) is 12.0 Å². The molecule has 1 aliphatic rings. The summed E-state index contributed by atoms with van der Waals surface area (Å²) in [6, 6.07) is 9.39. The smallest absolute Gasteiger partial charge is 0.314 e. The van der Waals surface area contributed by atoms with Gasteiger partial charge < -0.3 is 20.5 Å². The van der Waals surface area contributed by atoms with E-state index in [-0.39, 0.29) is 5.92 Å². The minimum absolute atomic E-state index is 0.00805.